The fourth-order valence-electron chi connectivity index (χ4n) is 1.70. The minimum absolute atomic E-state index is 0.236. The summed E-state index contributed by atoms with van der Waals surface area (Å²) in [6.45, 7) is 5.13. The molecule has 0 amide bonds. The zero-order valence-electron chi connectivity index (χ0n) is 10.3. The van der Waals surface area contributed by atoms with Gasteiger partial charge in [0.2, 0.25) is 0 Å². The molecule has 0 bridgehead atoms. The average Bonchev–Trinajstić information content (AvgIpc) is 2.82. The van der Waals surface area contributed by atoms with Gasteiger partial charge in [0, 0.05) is 32.0 Å². The van der Waals surface area contributed by atoms with Crippen LogP contribution in [0.2, 0.25) is 0 Å². The lowest BCUT2D eigenvalue weighted by Gasteiger charge is -2.15. The minimum atomic E-state index is 0.236. The van der Waals surface area contributed by atoms with Crippen LogP contribution in [0.5, 0.6) is 0 Å². The van der Waals surface area contributed by atoms with E-state index in [0.29, 0.717) is 0 Å². The second kappa shape index (κ2) is 6.06. The van der Waals surface area contributed by atoms with E-state index < -0.39 is 0 Å². The number of benzene rings is 1. The van der Waals surface area contributed by atoms with Crippen molar-refractivity contribution >= 4 is 44.2 Å². The standard InChI is InChI=1S/C13H15BrIN3/c1-3-18-8-10(7-16-18)9(2)17-13-6-11(15)4-5-12(13)14/h4-9,17H,3H2,1-2H3. The van der Waals surface area contributed by atoms with Crippen molar-refractivity contribution in [2.45, 2.75) is 26.4 Å². The zero-order chi connectivity index (χ0) is 13.1. The molecule has 1 N–H and O–H groups in total. The molecule has 1 unspecified atom stereocenters. The van der Waals surface area contributed by atoms with E-state index in [4.69, 9.17) is 0 Å². The maximum absolute atomic E-state index is 4.30. The first-order valence-corrected chi connectivity index (χ1v) is 7.71. The van der Waals surface area contributed by atoms with Gasteiger partial charge >= 0.3 is 0 Å². The fraction of sp³-hybridized carbons (Fsp3) is 0.308. The summed E-state index contributed by atoms with van der Waals surface area (Å²) in [5, 5.41) is 7.80. The molecule has 3 nitrogen and oxygen atoms in total. The second-order valence-electron chi connectivity index (χ2n) is 4.12. The molecule has 1 aromatic carbocycles. The quantitative estimate of drug-likeness (QED) is 0.742. The first-order valence-electron chi connectivity index (χ1n) is 5.84. The van der Waals surface area contributed by atoms with Gasteiger partial charge in [0.15, 0.2) is 0 Å². The van der Waals surface area contributed by atoms with Crippen LogP contribution in [0, 0.1) is 3.57 Å². The summed E-state index contributed by atoms with van der Waals surface area (Å²) < 4.78 is 4.24. The number of rotatable bonds is 4. The SMILES string of the molecule is CCn1cc(C(C)Nc2cc(I)ccc2Br)cn1. The summed E-state index contributed by atoms with van der Waals surface area (Å²) >= 11 is 5.88. The van der Waals surface area contributed by atoms with E-state index in [2.05, 4.69) is 87.2 Å². The van der Waals surface area contributed by atoms with E-state index >= 15 is 0 Å². The number of nitrogens with one attached hydrogen (secondary N) is 1. The highest BCUT2D eigenvalue weighted by Gasteiger charge is 2.09. The van der Waals surface area contributed by atoms with Gasteiger partial charge in [-0.3, -0.25) is 4.68 Å². The molecule has 0 spiro atoms. The Morgan fingerprint density at radius 3 is 2.94 bits per heavy atom. The van der Waals surface area contributed by atoms with E-state index in [9.17, 15) is 0 Å². The van der Waals surface area contributed by atoms with Gasteiger partial charge in [0.1, 0.15) is 0 Å². The smallest absolute Gasteiger partial charge is 0.0542 e. The lowest BCUT2D eigenvalue weighted by molar-refractivity contribution is 0.658. The number of halogens is 2. The Bertz CT molecular complexity index is 539. The molecule has 0 saturated heterocycles. The van der Waals surface area contributed by atoms with Crippen LogP contribution < -0.4 is 5.32 Å². The molecule has 0 radical (unpaired) electrons. The molecular formula is C13H15BrIN3. The van der Waals surface area contributed by atoms with Crippen LogP contribution in [-0.2, 0) is 6.54 Å². The number of aryl methyl sites for hydroxylation is 1. The molecule has 96 valence electrons. The van der Waals surface area contributed by atoms with E-state index in [0.717, 1.165) is 16.7 Å². The van der Waals surface area contributed by atoms with Gasteiger partial charge in [-0.15, -0.1) is 0 Å². The van der Waals surface area contributed by atoms with Crippen LogP contribution in [-0.4, -0.2) is 9.78 Å². The van der Waals surface area contributed by atoms with Crippen molar-refractivity contribution in [2.24, 2.45) is 0 Å². The summed E-state index contributed by atoms with van der Waals surface area (Å²) in [6.07, 6.45) is 4.00. The van der Waals surface area contributed by atoms with Gasteiger partial charge in [-0.1, -0.05) is 0 Å². The van der Waals surface area contributed by atoms with Crippen LogP contribution in [0.1, 0.15) is 25.5 Å². The number of aromatic nitrogens is 2. The summed E-state index contributed by atoms with van der Waals surface area (Å²) in [4.78, 5) is 0. The molecule has 2 rings (SSSR count). The van der Waals surface area contributed by atoms with Gasteiger partial charge in [0.05, 0.1) is 12.2 Å². The molecule has 0 fully saturated rings. The molecule has 1 atom stereocenters. The maximum atomic E-state index is 4.30. The van der Waals surface area contributed by atoms with Crippen molar-refractivity contribution in [2.75, 3.05) is 5.32 Å². The molecule has 0 saturated carbocycles. The van der Waals surface area contributed by atoms with Crippen molar-refractivity contribution < 1.29 is 0 Å². The van der Waals surface area contributed by atoms with Crippen LogP contribution in [0.4, 0.5) is 5.69 Å². The average molecular weight is 420 g/mol. The highest BCUT2D eigenvalue weighted by atomic mass is 127. The van der Waals surface area contributed by atoms with Crippen molar-refractivity contribution in [3.8, 4) is 0 Å². The van der Waals surface area contributed by atoms with Gasteiger partial charge in [-0.05, 0) is 70.6 Å². The second-order valence-corrected chi connectivity index (χ2v) is 6.22. The van der Waals surface area contributed by atoms with Crippen LogP contribution in [0.3, 0.4) is 0 Å². The van der Waals surface area contributed by atoms with Crippen molar-refractivity contribution in [1.82, 2.24) is 9.78 Å². The highest BCUT2D eigenvalue weighted by molar-refractivity contribution is 14.1. The fourth-order valence-corrected chi connectivity index (χ4v) is 2.55. The number of hydrogen-bond donors (Lipinski definition) is 1. The number of anilines is 1. The Morgan fingerprint density at radius 1 is 1.50 bits per heavy atom. The van der Waals surface area contributed by atoms with Gasteiger partial charge in [0.25, 0.3) is 0 Å². The summed E-state index contributed by atoms with van der Waals surface area (Å²) in [5.41, 5.74) is 2.31. The molecule has 0 aliphatic carbocycles. The molecule has 2 aromatic rings. The monoisotopic (exact) mass is 419 g/mol. The predicted molar refractivity (Wildman–Crippen MR) is 86.8 cm³/mol. The predicted octanol–water partition coefficient (Wildman–Crippen LogP) is 4.44. The Labute approximate surface area is 129 Å². The molecule has 5 heteroatoms. The highest BCUT2D eigenvalue weighted by Crippen LogP contribution is 2.28. The summed E-state index contributed by atoms with van der Waals surface area (Å²) in [6, 6.07) is 6.51. The molecule has 1 heterocycles. The van der Waals surface area contributed by atoms with Crippen LogP contribution >= 0.6 is 38.5 Å². The van der Waals surface area contributed by atoms with E-state index in [1.807, 2.05) is 10.9 Å². The molecule has 0 aliphatic rings. The van der Waals surface area contributed by atoms with E-state index in [1.54, 1.807) is 0 Å². The molecule has 0 aliphatic heterocycles. The number of nitrogens with zero attached hydrogens (tertiary/aromatic N) is 2. The van der Waals surface area contributed by atoms with Gasteiger partial charge < -0.3 is 5.32 Å². The lowest BCUT2D eigenvalue weighted by Crippen LogP contribution is -2.06. The first-order chi connectivity index (χ1) is 8.60. The zero-order valence-corrected chi connectivity index (χ0v) is 14.1. The topological polar surface area (TPSA) is 29.9 Å². The van der Waals surface area contributed by atoms with Crippen molar-refractivity contribution in [1.29, 1.82) is 0 Å². The third-order valence-electron chi connectivity index (χ3n) is 2.78. The third kappa shape index (κ3) is 3.26. The third-order valence-corrected chi connectivity index (χ3v) is 4.14. The van der Waals surface area contributed by atoms with Crippen molar-refractivity contribution in [3.05, 3.63) is 44.2 Å². The lowest BCUT2D eigenvalue weighted by atomic mass is 10.2. The van der Waals surface area contributed by atoms with E-state index in [-0.39, 0.29) is 6.04 Å². The van der Waals surface area contributed by atoms with Crippen molar-refractivity contribution in [3.63, 3.8) is 0 Å². The van der Waals surface area contributed by atoms with Gasteiger partial charge in [-0.2, -0.15) is 5.10 Å². The Hall–Kier alpha value is -0.560. The Kier molecular flexibility index (Phi) is 4.66. The maximum Gasteiger partial charge on any atom is 0.0542 e. The summed E-state index contributed by atoms with van der Waals surface area (Å²) in [7, 11) is 0. The largest absolute Gasteiger partial charge is 0.377 e. The Balaban J connectivity index is 2.15. The molecule has 18 heavy (non-hydrogen) atoms. The summed E-state index contributed by atoms with van der Waals surface area (Å²) in [5.74, 6) is 0. The number of hydrogen-bond acceptors (Lipinski definition) is 2. The van der Waals surface area contributed by atoms with Crippen LogP contribution in [0.15, 0.2) is 35.1 Å². The minimum Gasteiger partial charge on any atom is -0.377 e. The van der Waals surface area contributed by atoms with Crippen LogP contribution in [0.25, 0.3) is 0 Å². The van der Waals surface area contributed by atoms with Gasteiger partial charge in [-0.25, -0.2) is 0 Å². The molecule has 1 aromatic heterocycles. The Morgan fingerprint density at radius 2 is 2.28 bits per heavy atom. The molecular weight excluding hydrogens is 405 g/mol. The first kappa shape index (κ1) is 13.9. The van der Waals surface area contributed by atoms with E-state index in [1.165, 1.54) is 9.13 Å². The normalized spacial score (nSPS) is 12.4.